The van der Waals surface area contributed by atoms with Crippen LogP contribution in [0.5, 0.6) is 0 Å². The molecule has 6 nitrogen and oxygen atoms in total. The van der Waals surface area contributed by atoms with Gasteiger partial charge in [-0.2, -0.15) is 0 Å². The lowest BCUT2D eigenvalue weighted by molar-refractivity contribution is -0.384. The maximum Gasteiger partial charge on any atom is 0.269 e. The molecule has 0 saturated carbocycles. The molecule has 7 heteroatoms. The van der Waals surface area contributed by atoms with Gasteiger partial charge in [-0.1, -0.05) is 29.8 Å². The van der Waals surface area contributed by atoms with E-state index in [1.165, 1.54) is 41.2 Å². The van der Waals surface area contributed by atoms with Crippen LogP contribution in [0, 0.1) is 17.0 Å². The van der Waals surface area contributed by atoms with Crippen molar-refractivity contribution < 1.29 is 9.72 Å². The molecule has 0 saturated heterocycles. The number of nitro groups is 1. The Morgan fingerprint density at radius 1 is 1.12 bits per heavy atom. The summed E-state index contributed by atoms with van der Waals surface area (Å²) in [5.74, 6) is -0.352. The van der Waals surface area contributed by atoms with Crippen LogP contribution in [0.1, 0.15) is 15.9 Å². The predicted molar refractivity (Wildman–Crippen MR) is 93.3 cm³/mol. The summed E-state index contributed by atoms with van der Waals surface area (Å²) in [4.78, 5) is 26.7. The Hall–Kier alpha value is -3.06. The van der Waals surface area contributed by atoms with Gasteiger partial charge >= 0.3 is 0 Å². The van der Waals surface area contributed by atoms with E-state index in [1.807, 2.05) is 36.6 Å². The molecule has 24 heavy (non-hydrogen) atoms. The van der Waals surface area contributed by atoms with Crippen molar-refractivity contribution in [3.05, 3.63) is 75.2 Å². The van der Waals surface area contributed by atoms with E-state index in [4.69, 9.17) is 0 Å². The van der Waals surface area contributed by atoms with E-state index in [1.54, 1.807) is 0 Å². The minimum absolute atomic E-state index is 0.0533. The minimum atomic E-state index is -0.504. The normalized spacial score (nSPS) is 10.4. The van der Waals surface area contributed by atoms with Gasteiger partial charge in [-0.05, 0) is 19.1 Å². The Bertz CT molecular complexity index is 886. The van der Waals surface area contributed by atoms with Crippen molar-refractivity contribution >= 4 is 28.1 Å². The van der Waals surface area contributed by atoms with E-state index in [-0.39, 0.29) is 11.6 Å². The number of nitro benzene ring substituents is 1. The number of non-ortho nitro benzene ring substituents is 1. The molecule has 0 aliphatic rings. The van der Waals surface area contributed by atoms with Gasteiger partial charge in [-0.3, -0.25) is 20.2 Å². The van der Waals surface area contributed by atoms with Crippen LogP contribution in [0.2, 0.25) is 0 Å². The van der Waals surface area contributed by atoms with Crippen molar-refractivity contribution in [2.75, 3.05) is 5.32 Å². The lowest BCUT2D eigenvalue weighted by Gasteiger charge is -2.01. The highest BCUT2D eigenvalue weighted by Crippen LogP contribution is 2.25. The molecule has 0 aliphatic carbocycles. The summed E-state index contributed by atoms with van der Waals surface area (Å²) in [7, 11) is 0. The Kier molecular flexibility index (Phi) is 4.35. The quantitative estimate of drug-likeness (QED) is 0.568. The number of amides is 1. The molecule has 1 amide bonds. The molecule has 0 unspecified atom stereocenters. The molecule has 0 bridgehead atoms. The van der Waals surface area contributed by atoms with Crippen LogP contribution in [-0.4, -0.2) is 15.8 Å². The van der Waals surface area contributed by atoms with Gasteiger partial charge < -0.3 is 0 Å². The van der Waals surface area contributed by atoms with Crippen LogP contribution in [-0.2, 0) is 0 Å². The molecule has 0 spiro atoms. The summed E-state index contributed by atoms with van der Waals surface area (Å²) < 4.78 is 0. The van der Waals surface area contributed by atoms with Crippen LogP contribution in [0.4, 0.5) is 10.8 Å². The third-order valence-corrected chi connectivity index (χ3v) is 4.17. The largest absolute Gasteiger partial charge is 0.298 e. The zero-order valence-electron chi connectivity index (χ0n) is 12.7. The maximum absolute atomic E-state index is 12.2. The second-order valence-electron chi connectivity index (χ2n) is 5.16. The molecule has 0 atom stereocenters. The fraction of sp³-hybridized carbons (Fsp3) is 0.0588. The van der Waals surface area contributed by atoms with Gasteiger partial charge in [0.05, 0.1) is 10.6 Å². The average Bonchev–Trinajstić information content (AvgIpc) is 3.04. The molecule has 0 aliphatic heterocycles. The number of anilines is 1. The van der Waals surface area contributed by atoms with Crippen molar-refractivity contribution in [2.24, 2.45) is 0 Å². The van der Waals surface area contributed by atoms with Crippen molar-refractivity contribution in [1.29, 1.82) is 0 Å². The fourth-order valence-electron chi connectivity index (χ4n) is 2.09. The Morgan fingerprint density at radius 3 is 2.42 bits per heavy atom. The molecule has 0 radical (unpaired) electrons. The minimum Gasteiger partial charge on any atom is -0.298 e. The molecule has 2 aromatic carbocycles. The first-order chi connectivity index (χ1) is 11.5. The monoisotopic (exact) mass is 339 g/mol. The zero-order chi connectivity index (χ0) is 17.1. The van der Waals surface area contributed by atoms with Crippen LogP contribution >= 0.6 is 11.3 Å². The number of aromatic nitrogens is 1. The second kappa shape index (κ2) is 6.59. The van der Waals surface area contributed by atoms with Crippen LogP contribution < -0.4 is 5.32 Å². The molecule has 3 rings (SSSR count). The van der Waals surface area contributed by atoms with E-state index in [0.717, 1.165) is 11.3 Å². The lowest BCUT2D eigenvalue weighted by atomic mass is 10.1. The first kappa shape index (κ1) is 15.8. The number of thiazole rings is 1. The van der Waals surface area contributed by atoms with Gasteiger partial charge in [0.15, 0.2) is 5.13 Å². The van der Waals surface area contributed by atoms with Crippen LogP contribution in [0.25, 0.3) is 11.3 Å². The highest BCUT2D eigenvalue weighted by atomic mass is 32.1. The predicted octanol–water partition coefficient (Wildman–Crippen LogP) is 4.28. The van der Waals surface area contributed by atoms with E-state index < -0.39 is 4.92 Å². The number of rotatable bonds is 4. The van der Waals surface area contributed by atoms with Crippen LogP contribution in [0.15, 0.2) is 53.9 Å². The third kappa shape index (κ3) is 3.47. The van der Waals surface area contributed by atoms with Crippen molar-refractivity contribution in [2.45, 2.75) is 6.92 Å². The number of nitrogens with zero attached hydrogens (tertiary/aromatic N) is 2. The number of nitrogens with one attached hydrogen (secondary N) is 1. The third-order valence-electron chi connectivity index (χ3n) is 3.41. The Morgan fingerprint density at radius 2 is 1.79 bits per heavy atom. The molecule has 120 valence electrons. The molecule has 0 fully saturated rings. The van der Waals surface area contributed by atoms with Gasteiger partial charge in [-0.15, -0.1) is 11.3 Å². The van der Waals surface area contributed by atoms with E-state index in [0.29, 0.717) is 10.7 Å². The molecular weight excluding hydrogens is 326 g/mol. The Balaban J connectivity index is 1.73. The van der Waals surface area contributed by atoms with E-state index >= 15 is 0 Å². The topological polar surface area (TPSA) is 85.1 Å². The first-order valence-electron chi connectivity index (χ1n) is 7.11. The highest BCUT2D eigenvalue weighted by molar-refractivity contribution is 7.14. The summed E-state index contributed by atoms with van der Waals surface area (Å²) in [5, 5.41) is 15.7. The summed E-state index contributed by atoms with van der Waals surface area (Å²) >= 11 is 1.33. The van der Waals surface area contributed by atoms with E-state index in [2.05, 4.69) is 10.3 Å². The van der Waals surface area contributed by atoms with Crippen LogP contribution in [0.3, 0.4) is 0 Å². The summed E-state index contributed by atoms with van der Waals surface area (Å²) in [6, 6.07) is 13.4. The molecule has 3 aromatic rings. The summed E-state index contributed by atoms with van der Waals surface area (Å²) in [5.41, 5.74) is 3.22. The lowest BCUT2D eigenvalue weighted by Crippen LogP contribution is -2.11. The molecule has 1 aromatic heterocycles. The second-order valence-corrected chi connectivity index (χ2v) is 6.02. The summed E-state index contributed by atoms with van der Waals surface area (Å²) in [6.07, 6.45) is 0. The van der Waals surface area contributed by atoms with Gasteiger partial charge in [0.1, 0.15) is 0 Å². The fourth-order valence-corrected chi connectivity index (χ4v) is 2.81. The number of carbonyl (C=O) groups excluding carboxylic acids is 1. The van der Waals surface area contributed by atoms with Crippen molar-refractivity contribution in [3.8, 4) is 11.3 Å². The molecular formula is C17H13N3O3S. The summed E-state index contributed by atoms with van der Waals surface area (Å²) in [6.45, 7) is 2.01. The van der Waals surface area contributed by atoms with E-state index in [9.17, 15) is 14.9 Å². The SMILES string of the molecule is Cc1ccc(-c2csc(NC(=O)c3ccc([N+](=O)[O-])cc3)n2)cc1. The van der Waals surface area contributed by atoms with Gasteiger partial charge in [-0.25, -0.2) is 4.98 Å². The number of hydrogen-bond acceptors (Lipinski definition) is 5. The first-order valence-corrected chi connectivity index (χ1v) is 7.99. The number of aryl methyl sites for hydroxylation is 1. The smallest absolute Gasteiger partial charge is 0.269 e. The number of benzene rings is 2. The van der Waals surface area contributed by atoms with Crippen molar-refractivity contribution in [1.82, 2.24) is 4.98 Å². The van der Waals surface area contributed by atoms with Gasteiger partial charge in [0.25, 0.3) is 11.6 Å². The zero-order valence-corrected chi connectivity index (χ0v) is 13.5. The molecule has 1 N–H and O–H groups in total. The molecule has 1 heterocycles. The standard InChI is InChI=1S/C17H13N3O3S/c1-11-2-4-12(5-3-11)15-10-24-17(18-15)19-16(21)13-6-8-14(9-7-13)20(22)23/h2-10H,1H3,(H,18,19,21). The number of carbonyl (C=O) groups is 1. The maximum atomic E-state index is 12.2. The number of hydrogen-bond donors (Lipinski definition) is 1. The Labute approximate surface area is 141 Å². The van der Waals surface area contributed by atoms with Gasteiger partial charge in [0, 0.05) is 28.6 Å². The highest BCUT2D eigenvalue weighted by Gasteiger charge is 2.12. The van der Waals surface area contributed by atoms with Gasteiger partial charge in [0.2, 0.25) is 0 Å². The van der Waals surface area contributed by atoms with Crippen molar-refractivity contribution in [3.63, 3.8) is 0 Å². The average molecular weight is 339 g/mol.